The minimum Gasteiger partial charge on any atom is -0.508 e. The van der Waals surface area contributed by atoms with Crippen molar-refractivity contribution >= 4 is 22.9 Å². The van der Waals surface area contributed by atoms with Crippen molar-refractivity contribution < 1.29 is 59.2 Å². The average molecular weight is 518 g/mol. The molecule has 13 nitrogen and oxygen atoms in total. The van der Waals surface area contributed by atoms with Gasteiger partial charge in [0.2, 0.25) is 5.43 Å². The number of carboxylic acids is 1. The van der Waals surface area contributed by atoms with Crippen LogP contribution in [-0.4, -0.2) is 78.7 Å². The molecule has 1 aromatic heterocycles. The summed E-state index contributed by atoms with van der Waals surface area (Å²) in [5.41, 5.74) is -1.11. The Hall–Kier alpha value is -4.17. The van der Waals surface area contributed by atoms with Crippen LogP contribution in [0.5, 0.6) is 17.2 Å². The van der Waals surface area contributed by atoms with Gasteiger partial charge in [0.25, 0.3) is 0 Å². The molecule has 0 unspecified atom stereocenters. The number of aromatic hydroxyl groups is 3. The van der Waals surface area contributed by atoms with Crippen LogP contribution in [-0.2, 0) is 19.1 Å². The number of esters is 1. The van der Waals surface area contributed by atoms with Gasteiger partial charge in [-0.2, -0.15) is 0 Å². The third-order valence-electron chi connectivity index (χ3n) is 5.92. The van der Waals surface area contributed by atoms with Crippen molar-refractivity contribution in [2.24, 2.45) is 0 Å². The summed E-state index contributed by atoms with van der Waals surface area (Å²) >= 11 is 0. The van der Waals surface area contributed by atoms with Crippen LogP contribution in [0.25, 0.3) is 22.1 Å². The Balaban J connectivity index is 1.76. The average Bonchev–Trinajstić information content (AvgIpc) is 2.83. The van der Waals surface area contributed by atoms with Gasteiger partial charge >= 0.3 is 11.9 Å². The van der Waals surface area contributed by atoms with Crippen molar-refractivity contribution in [2.45, 2.75) is 36.9 Å². The van der Waals surface area contributed by atoms with Crippen molar-refractivity contribution in [3.8, 4) is 28.4 Å². The zero-order valence-corrected chi connectivity index (χ0v) is 18.8. The number of carbonyl (C=O) groups excluding carboxylic acids is 1. The second kappa shape index (κ2) is 10.1. The molecule has 3 aromatic rings. The number of aliphatic hydroxyl groups excluding tert-OH is 3. The van der Waals surface area contributed by atoms with Crippen LogP contribution in [0.2, 0.25) is 0 Å². The fourth-order valence-corrected chi connectivity index (χ4v) is 4.09. The zero-order chi connectivity index (χ0) is 27.0. The number of benzene rings is 2. The summed E-state index contributed by atoms with van der Waals surface area (Å²) in [7, 11) is 0. The van der Waals surface area contributed by atoms with E-state index in [-0.39, 0.29) is 27.8 Å². The Morgan fingerprint density at radius 1 is 0.946 bits per heavy atom. The lowest BCUT2D eigenvalue weighted by Gasteiger charge is -2.40. The second-order valence-corrected chi connectivity index (χ2v) is 8.38. The molecule has 1 aliphatic heterocycles. The van der Waals surface area contributed by atoms with Crippen LogP contribution in [0.1, 0.15) is 18.1 Å². The number of carboxylic acid groups (broad SMARTS) is 1. The van der Waals surface area contributed by atoms with Gasteiger partial charge in [0.15, 0.2) is 5.58 Å². The number of fused-ring (bicyclic) bond motifs is 1. The number of phenols is 3. The fourth-order valence-electron chi connectivity index (χ4n) is 4.09. The summed E-state index contributed by atoms with van der Waals surface area (Å²) in [6, 6.07) is 6.36. The van der Waals surface area contributed by atoms with Crippen LogP contribution in [0, 0.1) is 0 Å². The summed E-state index contributed by atoms with van der Waals surface area (Å²) in [5.74, 6) is -3.98. The molecule has 0 aliphatic carbocycles. The Morgan fingerprint density at radius 2 is 1.62 bits per heavy atom. The highest BCUT2D eigenvalue weighted by Gasteiger charge is 2.46. The van der Waals surface area contributed by atoms with Crippen molar-refractivity contribution in [3.63, 3.8) is 0 Å². The molecule has 0 saturated carbocycles. The standard InChI is InChI=1S/C24H22O13/c25-10-3-1-9(2-4-10)11-7-36-23-17(19(11)31)12(26)5-13(27)18(23)24-22(34)21(33)20(32)14(37-24)8-35-16(30)6-15(28)29/h1-5,7,14,20-22,24-27,32-34H,6,8H2,(H,28,29)/t14-,20-,21+,22-,24+/m1/s1. The largest absolute Gasteiger partial charge is 0.508 e. The van der Waals surface area contributed by atoms with E-state index in [1.807, 2.05) is 0 Å². The molecule has 0 bridgehead atoms. The predicted octanol–water partition coefficient (Wildman–Crippen LogP) is 0.117. The molecular weight excluding hydrogens is 496 g/mol. The number of phenolic OH excluding ortho intramolecular Hbond substituents is 3. The maximum Gasteiger partial charge on any atom is 0.317 e. The third kappa shape index (κ3) is 4.93. The summed E-state index contributed by atoms with van der Waals surface area (Å²) in [6.45, 7) is -0.709. The monoisotopic (exact) mass is 518 g/mol. The van der Waals surface area contributed by atoms with Gasteiger partial charge in [-0.1, -0.05) is 12.1 Å². The number of hydrogen-bond acceptors (Lipinski definition) is 12. The Kier molecular flexibility index (Phi) is 7.05. The van der Waals surface area contributed by atoms with Gasteiger partial charge in [-0.15, -0.1) is 0 Å². The van der Waals surface area contributed by atoms with Crippen molar-refractivity contribution in [1.82, 2.24) is 0 Å². The Morgan fingerprint density at radius 3 is 2.27 bits per heavy atom. The number of hydrogen-bond donors (Lipinski definition) is 7. The first-order valence-electron chi connectivity index (χ1n) is 10.9. The third-order valence-corrected chi connectivity index (χ3v) is 5.92. The van der Waals surface area contributed by atoms with E-state index >= 15 is 0 Å². The molecule has 0 radical (unpaired) electrons. The van der Waals surface area contributed by atoms with E-state index in [9.17, 15) is 45.0 Å². The van der Waals surface area contributed by atoms with Crippen LogP contribution in [0.15, 0.2) is 45.8 Å². The minimum atomic E-state index is -1.88. The van der Waals surface area contributed by atoms with Gasteiger partial charge in [-0.05, 0) is 17.7 Å². The molecule has 1 aliphatic rings. The van der Waals surface area contributed by atoms with E-state index in [4.69, 9.17) is 19.0 Å². The molecule has 7 N–H and O–H groups in total. The quantitative estimate of drug-likeness (QED) is 0.170. The highest BCUT2D eigenvalue weighted by atomic mass is 16.6. The molecule has 4 rings (SSSR count). The first kappa shape index (κ1) is 25.9. The number of rotatable bonds is 6. The van der Waals surface area contributed by atoms with E-state index in [2.05, 4.69) is 0 Å². The molecule has 1 saturated heterocycles. The van der Waals surface area contributed by atoms with E-state index in [1.54, 1.807) is 0 Å². The van der Waals surface area contributed by atoms with Crippen LogP contribution in [0.3, 0.4) is 0 Å². The summed E-state index contributed by atoms with van der Waals surface area (Å²) in [6.07, 6.45) is -8.59. The van der Waals surface area contributed by atoms with Gasteiger partial charge in [-0.3, -0.25) is 14.4 Å². The van der Waals surface area contributed by atoms with E-state index in [1.165, 1.54) is 24.3 Å². The molecule has 0 spiro atoms. The molecule has 5 atom stereocenters. The number of ether oxygens (including phenoxy) is 2. The van der Waals surface area contributed by atoms with Gasteiger partial charge in [0, 0.05) is 6.07 Å². The van der Waals surface area contributed by atoms with E-state index < -0.39 is 72.4 Å². The first-order valence-corrected chi connectivity index (χ1v) is 10.9. The maximum absolute atomic E-state index is 13.2. The second-order valence-electron chi connectivity index (χ2n) is 8.38. The molecule has 2 aromatic carbocycles. The van der Waals surface area contributed by atoms with Crippen molar-refractivity contribution in [2.75, 3.05) is 6.61 Å². The molecule has 13 heteroatoms. The first-order chi connectivity index (χ1) is 17.5. The molecule has 2 heterocycles. The van der Waals surface area contributed by atoms with E-state index in [0.29, 0.717) is 5.56 Å². The lowest BCUT2D eigenvalue weighted by molar-refractivity contribution is -0.234. The molecule has 1 fully saturated rings. The zero-order valence-electron chi connectivity index (χ0n) is 18.8. The highest BCUT2D eigenvalue weighted by molar-refractivity contribution is 5.91. The maximum atomic E-state index is 13.2. The van der Waals surface area contributed by atoms with E-state index in [0.717, 1.165) is 12.3 Å². The lowest BCUT2D eigenvalue weighted by Crippen LogP contribution is -2.55. The van der Waals surface area contributed by atoms with Crippen molar-refractivity contribution in [1.29, 1.82) is 0 Å². The number of aliphatic carboxylic acids is 1. The Bertz CT molecular complexity index is 1390. The topological polar surface area (TPSA) is 224 Å². The predicted molar refractivity (Wildman–Crippen MR) is 122 cm³/mol. The lowest BCUT2D eigenvalue weighted by atomic mass is 9.89. The van der Waals surface area contributed by atoms with Crippen LogP contribution in [0.4, 0.5) is 0 Å². The summed E-state index contributed by atoms with van der Waals surface area (Å²) < 4.78 is 15.9. The van der Waals surface area contributed by atoms with Gasteiger partial charge < -0.3 is 49.6 Å². The SMILES string of the molecule is O=C(O)CC(=O)OC[C@H]1O[C@@H](c2c(O)cc(O)c3c(=O)c(-c4ccc(O)cc4)coc23)[C@H](O)[C@@H](O)[C@@H]1O. The fraction of sp³-hybridized carbons (Fsp3) is 0.292. The van der Waals surface area contributed by atoms with Crippen LogP contribution < -0.4 is 5.43 Å². The normalized spacial score (nSPS) is 23.6. The summed E-state index contributed by atoms with van der Waals surface area (Å²) in [5, 5.41) is 70.1. The Labute approximate surface area is 207 Å². The van der Waals surface area contributed by atoms with Crippen molar-refractivity contribution in [3.05, 3.63) is 52.4 Å². The number of aliphatic hydroxyl groups is 3. The smallest absolute Gasteiger partial charge is 0.317 e. The van der Waals surface area contributed by atoms with Gasteiger partial charge in [0.05, 0.1) is 11.1 Å². The molecule has 196 valence electrons. The molecule has 0 amide bonds. The summed E-state index contributed by atoms with van der Waals surface area (Å²) in [4.78, 5) is 35.5. The van der Waals surface area contributed by atoms with Gasteiger partial charge in [-0.25, -0.2) is 0 Å². The molecular formula is C24H22O13. The van der Waals surface area contributed by atoms with Gasteiger partial charge in [0.1, 0.15) is 72.4 Å². The highest BCUT2D eigenvalue weighted by Crippen LogP contribution is 2.43. The molecule has 37 heavy (non-hydrogen) atoms. The minimum absolute atomic E-state index is 0.00299. The van der Waals surface area contributed by atoms with Crippen LogP contribution >= 0.6 is 0 Å². The number of carbonyl (C=O) groups is 2.